The van der Waals surface area contributed by atoms with E-state index in [1.165, 1.54) is 0 Å². The molecule has 28 heavy (non-hydrogen) atoms. The molecule has 7 heteroatoms. The number of fused-ring (bicyclic) bond motifs is 1. The lowest BCUT2D eigenvalue weighted by molar-refractivity contribution is -0.0194. The maximum atomic E-state index is 12.7. The molecule has 144 valence electrons. The Hall–Kier alpha value is -2.93. The largest absolute Gasteiger partial charge is 0.487 e. The van der Waals surface area contributed by atoms with Gasteiger partial charge in [-0.3, -0.25) is 14.9 Å². The molecular weight excluding hydrogens is 356 g/mol. The molecular formula is C21H22N4O3. The fourth-order valence-corrected chi connectivity index (χ4v) is 3.80. The Morgan fingerprint density at radius 2 is 2.14 bits per heavy atom. The summed E-state index contributed by atoms with van der Waals surface area (Å²) >= 11 is 0. The normalized spacial score (nSPS) is 22.4. The van der Waals surface area contributed by atoms with Gasteiger partial charge in [-0.15, -0.1) is 0 Å². The fourth-order valence-electron chi connectivity index (χ4n) is 3.80. The number of benzene rings is 1. The van der Waals surface area contributed by atoms with Crippen LogP contribution in [0.3, 0.4) is 0 Å². The van der Waals surface area contributed by atoms with Crippen molar-refractivity contribution in [3.05, 3.63) is 54.1 Å². The summed E-state index contributed by atoms with van der Waals surface area (Å²) < 4.78 is 6.12. The number of aromatic nitrogens is 3. The first-order chi connectivity index (χ1) is 13.7. The minimum atomic E-state index is -0.753. The predicted octanol–water partition coefficient (Wildman–Crippen LogP) is 2.49. The molecule has 1 aliphatic heterocycles. The number of carbonyl (C=O) groups is 1. The van der Waals surface area contributed by atoms with Crippen LogP contribution >= 0.6 is 0 Å². The van der Waals surface area contributed by atoms with Crippen LogP contribution in [0.15, 0.2) is 42.7 Å². The number of pyridine rings is 1. The van der Waals surface area contributed by atoms with E-state index in [1.807, 2.05) is 30.3 Å². The first-order valence-electron chi connectivity index (χ1n) is 9.71. The van der Waals surface area contributed by atoms with Crippen LogP contribution in [0.5, 0.6) is 5.75 Å². The number of β-amino-alcohol motifs (C(OH)–C–C–N with tert-alkyl or cyclic N) is 1. The van der Waals surface area contributed by atoms with Gasteiger partial charge in [0, 0.05) is 47.7 Å². The number of rotatable bonds is 4. The number of likely N-dealkylation sites (tertiary alicyclic amines) is 1. The van der Waals surface area contributed by atoms with Crippen molar-refractivity contribution in [2.75, 3.05) is 13.1 Å². The number of piperidine rings is 1. The molecule has 1 saturated carbocycles. The molecule has 7 nitrogen and oxygen atoms in total. The van der Waals surface area contributed by atoms with Crippen LogP contribution in [0, 0.1) is 0 Å². The van der Waals surface area contributed by atoms with Crippen molar-refractivity contribution in [3.63, 3.8) is 0 Å². The van der Waals surface area contributed by atoms with Gasteiger partial charge in [-0.05, 0) is 31.0 Å². The molecule has 0 bridgehead atoms. The topological polar surface area (TPSA) is 91.3 Å². The van der Waals surface area contributed by atoms with Crippen LogP contribution in [-0.2, 0) is 0 Å². The standard InChI is InChI=1S/C21H22N4O3/c26-18-12-25(21(27)17-10-16(23-24-17)13-4-5-13)9-7-20(18)28-19-3-1-2-14-11-22-8-6-15(14)19/h1-3,6,8,10-11,13,18,20,26H,4-5,7,9,12H2,(H,23,24)/t18-,20-/m1/s1. The monoisotopic (exact) mass is 378 g/mol. The lowest BCUT2D eigenvalue weighted by Crippen LogP contribution is -2.51. The molecule has 2 atom stereocenters. The SMILES string of the molecule is O=C(c1cc(C2CC2)[nH]n1)N1CC[C@@H](Oc2cccc3cnccc23)[C@H](O)C1. The Morgan fingerprint density at radius 1 is 1.25 bits per heavy atom. The van der Waals surface area contributed by atoms with E-state index in [-0.39, 0.29) is 18.6 Å². The van der Waals surface area contributed by atoms with Gasteiger partial charge in [0.15, 0.2) is 0 Å². The van der Waals surface area contributed by atoms with Gasteiger partial charge in [-0.2, -0.15) is 5.10 Å². The van der Waals surface area contributed by atoms with E-state index in [1.54, 1.807) is 17.3 Å². The summed E-state index contributed by atoms with van der Waals surface area (Å²) in [7, 11) is 0. The van der Waals surface area contributed by atoms with Crippen molar-refractivity contribution in [1.82, 2.24) is 20.1 Å². The molecule has 0 radical (unpaired) electrons. The summed E-state index contributed by atoms with van der Waals surface area (Å²) in [5.41, 5.74) is 1.46. The second-order valence-corrected chi connectivity index (χ2v) is 7.60. The minimum absolute atomic E-state index is 0.142. The Morgan fingerprint density at radius 3 is 2.96 bits per heavy atom. The average molecular weight is 378 g/mol. The second kappa shape index (κ2) is 6.91. The summed E-state index contributed by atoms with van der Waals surface area (Å²) in [5, 5.41) is 19.7. The van der Waals surface area contributed by atoms with Crippen molar-refractivity contribution in [2.24, 2.45) is 0 Å². The molecule has 2 aliphatic rings. The number of aromatic amines is 1. The predicted molar refractivity (Wildman–Crippen MR) is 103 cm³/mol. The molecule has 2 N–H and O–H groups in total. The second-order valence-electron chi connectivity index (χ2n) is 7.60. The zero-order valence-electron chi connectivity index (χ0n) is 15.4. The molecule has 0 unspecified atom stereocenters. The minimum Gasteiger partial charge on any atom is -0.487 e. The van der Waals surface area contributed by atoms with Gasteiger partial charge in [-0.25, -0.2) is 0 Å². The van der Waals surface area contributed by atoms with Gasteiger partial charge in [0.2, 0.25) is 0 Å². The summed E-state index contributed by atoms with van der Waals surface area (Å²) in [6.07, 6.45) is 5.28. The molecule has 2 fully saturated rings. The van der Waals surface area contributed by atoms with Gasteiger partial charge in [0.05, 0.1) is 6.54 Å². The molecule has 1 aromatic carbocycles. The lowest BCUT2D eigenvalue weighted by atomic mass is 10.0. The number of H-pyrrole nitrogens is 1. The summed E-state index contributed by atoms with van der Waals surface area (Å²) in [5.74, 6) is 1.11. The first-order valence-corrected chi connectivity index (χ1v) is 9.71. The summed E-state index contributed by atoms with van der Waals surface area (Å²) in [6, 6.07) is 9.55. The Kier molecular flexibility index (Phi) is 4.24. The van der Waals surface area contributed by atoms with E-state index in [9.17, 15) is 9.90 Å². The number of hydrogen-bond acceptors (Lipinski definition) is 5. The zero-order chi connectivity index (χ0) is 19.1. The number of aliphatic hydroxyl groups excluding tert-OH is 1. The third-order valence-corrected chi connectivity index (χ3v) is 5.56. The smallest absolute Gasteiger partial charge is 0.274 e. The van der Waals surface area contributed by atoms with Crippen molar-refractivity contribution in [1.29, 1.82) is 0 Å². The van der Waals surface area contributed by atoms with Crippen LogP contribution in [-0.4, -0.2) is 56.4 Å². The van der Waals surface area contributed by atoms with E-state index in [0.29, 0.717) is 24.6 Å². The Labute approximate surface area is 162 Å². The Balaban J connectivity index is 1.26. The van der Waals surface area contributed by atoms with Crippen molar-refractivity contribution >= 4 is 16.7 Å². The summed E-state index contributed by atoms with van der Waals surface area (Å²) in [6.45, 7) is 0.764. The number of amides is 1. The number of ether oxygens (including phenoxy) is 1. The number of carbonyl (C=O) groups excluding carboxylic acids is 1. The van der Waals surface area contributed by atoms with E-state index in [2.05, 4.69) is 15.2 Å². The molecule has 3 aromatic rings. The maximum absolute atomic E-state index is 12.7. The molecule has 0 spiro atoms. The van der Waals surface area contributed by atoms with Crippen LogP contribution in [0.4, 0.5) is 0 Å². The quantitative estimate of drug-likeness (QED) is 0.728. The number of hydrogen-bond donors (Lipinski definition) is 2. The maximum Gasteiger partial charge on any atom is 0.274 e. The highest BCUT2D eigenvalue weighted by atomic mass is 16.5. The van der Waals surface area contributed by atoms with Gasteiger partial charge >= 0.3 is 0 Å². The van der Waals surface area contributed by atoms with Gasteiger partial charge in [0.25, 0.3) is 5.91 Å². The van der Waals surface area contributed by atoms with Gasteiger partial charge in [-0.1, -0.05) is 12.1 Å². The van der Waals surface area contributed by atoms with E-state index < -0.39 is 6.10 Å². The highest BCUT2D eigenvalue weighted by molar-refractivity contribution is 5.92. The molecule has 5 rings (SSSR count). The molecule has 3 heterocycles. The van der Waals surface area contributed by atoms with E-state index in [0.717, 1.165) is 35.1 Å². The average Bonchev–Trinajstić information content (AvgIpc) is 3.46. The molecule has 1 aliphatic carbocycles. The van der Waals surface area contributed by atoms with Crippen LogP contribution in [0.2, 0.25) is 0 Å². The van der Waals surface area contributed by atoms with Gasteiger partial charge < -0.3 is 14.7 Å². The van der Waals surface area contributed by atoms with Crippen LogP contribution in [0.25, 0.3) is 10.8 Å². The third kappa shape index (κ3) is 3.22. The van der Waals surface area contributed by atoms with Crippen LogP contribution < -0.4 is 4.74 Å². The zero-order valence-corrected chi connectivity index (χ0v) is 15.4. The number of aliphatic hydroxyl groups is 1. The third-order valence-electron chi connectivity index (χ3n) is 5.56. The molecule has 2 aromatic heterocycles. The van der Waals surface area contributed by atoms with Crippen molar-refractivity contribution in [2.45, 2.75) is 37.4 Å². The van der Waals surface area contributed by atoms with Gasteiger partial charge in [0.1, 0.15) is 23.7 Å². The number of nitrogens with one attached hydrogen (secondary N) is 1. The van der Waals surface area contributed by atoms with Crippen LogP contribution in [0.1, 0.15) is 41.4 Å². The fraction of sp³-hybridized carbons (Fsp3) is 0.381. The Bertz CT molecular complexity index is 1010. The van der Waals surface area contributed by atoms with Crippen molar-refractivity contribution < 1.29 is 14.6 Å². The summed E-state index contributed by atoms with van der Waals surface area (Å²) in [4.78, 5) is 18.5. The first kappa shape index (κ1) is 17.2. The highest BCUT2D eigenvalue weighted by Gasteiger charge is 2.34. The van der Waals surface area contributed by atoms with Crippen molar-refractivity contribution in [3.8, 4) is 5.75 Å². The molecule has 1 amide bonds. The van der Waals surface area contributed by atoms with E-state index >= 15 is 0 Å². The molecule has 1 saturated heterocycles. The number of nitrogens with zero attached hydrogens (tertiary/aromatic N) is 3. The lowest BCUT2D eigenvalue weighted by Gasteiger charge is -2.35. The van der Waals surface area contributed by atoms with E-state index in [4.69, 9.17) is 4.74 Å². The highest BCUT2D eigenvalue weighted by Crippen LogP contribution is 2.39.